The first-order valence-corrected chi connectivity index (χ1v) is 19.0. The molecule has 10 rings (SSSR count). The highest BCUT2D eigenvalue weighted by atomic mass is 16.4. The van der Waals surface area contributed by atoms with Crippen LogP contribution in [0.4, 0.5) is 0 Å². The average molecular weight is 739 g/mol. The number of hydrogen-bond acceptors (Lipinski definition) is 8. The van der Waals surface area contributed by atoms with Gasteiger partial charge in [-0.15, -0.1) is 0 Å². The van der Waals surface area contributed by atoms with E-state index in [9.17, 15) is 24.3 Å². The van der Waals surface area contributed by atoms with E-state index >= 15 is 0 Å². The molecule has 6 aliphatic rings. The molecule has 0 unspecified atom stereocenters. The van der Waals surface area contributed by atoms with E-state index in [2.05, 4.69) is 20.9 Å². The van der Waals surface area contributed by atoms with Crippen molar-refractivity contribution in [1.29, 1.82) is 2.67 Å². The number of benzene rings is 4. The van der Waals surface area contributed by atoms with Gasteiger partial charge in [0.15, 0.2) is 11.6 Å². The van der Waals surface area contributed by atoms with Crippen molar-refractivity contribution in [1.82, 2.24) is 9.80 Å². The first-order valence-electron chi connectivity index (χ1n) is 20.2. The number of fused-ring (bicyclic) bond motifs is 8. The van der Waals surface area contributed by atoms with Gasteiger partial charge in [0.2, 0.25) is 0 Å². The third-order valence-electron chi connectivity index (χ3n) is 10.8. The fraction of sp³-hybridized carbons (Fsp3) is 0.311. The van der Waals surface area contributed by atoms with Crippen LogP contribution < -0.4 is 5.11 Å². The molecule has 2 saturated heterocycles. The van der Waals surface area contributed by atoms with E-state index < -0.39 is 11.9 Å². The molecular formula is C45H46BN3O6-. The number of piperidine rings is 2. The number of carbonyl (C=O) groups is 4. The summed E-state index contributed by atoms with van der Waals surface area (Å²) in [6.07, 6.45) is 14.6. The summed E-state index contributed by atoms with van der Waals surface area (Å²) in [5, 5.41) is 19.7. The molecule has 4 aliphatic heterocycles. The molecular weight excluding hydrogens is 689 g/mol. The van der Waals surface area contributed by atoms with Crippen LogP contribution in [0.3, 0.4) is 0 Å². The molecule has 0 amide bonds. The minimum atomic E-state index is -1.27. The molecule has 0 saturated carbocycles. The summed E-state index contributed by atoms with van der Waals surface area (Å²) in [5.41, 5.74) is 7.34. The van der Waals surface area contributed by atoms with Crippen LogP contribution in [0.25, 0.3) is 22.3 Å². The molecule has 55 heavy (non-hydrogen) atoms. The zero-order chi connectivity index (χ0) is 40.3. The molecule has 2 aliphatic carbocycles. The van der Waals surface area contributed by atoms with Gasteiger partial charge in [0.1, 0.15) is 0 Å². The molecule has 4 aromatic carbocycles. The summed E-state index contributed by atoms with van der Waals surface area (Å²) in [7, 11) is 0.500. The zero-order valence-electron chi connectivity index (χ0n) is 33.0. The van der Waals surface area contributed by atoms with E-state index in [-0.39, 0.29) is 22.7 Å². The van der Waals surface area contributed by atoms with Gasteiger partial charge in [-0.3, -0.25) is 14.6 Å². The van der Waals surface area contributed by atoms with Crippen LogP contribution in [0.1, 0.15) is 110 Å². The van der Waals surface area contributed by atoms with E-state index in [1.807, 2.05) is 24.3 Å². The maximum atomic E-state index is 12.1. The number of aliphatic imine (C=N–C) groups is 1. The number of ketones is 2. The Bertz CT molecular complexity index is 2050. The largest absolute Gasteiger partial charge is 0.545 e. The third kappa shape index (κ3) is 8.49. The number of allylic oxidation sites excluding steroid dienone is 2. The number of carboxylic acid groups (broad SMARTS) is 2. The minimum Gasteiger partial charge on any atom is -0.545 e. The van der Waals surface area contributed by atoms with Crippen molar-refractivity contribution in [2.24, 2.45) is 4.99 Å². The SMILES string of the molecule is C1=C2CCCCN2CCC1.C1CCN2CCCN=C2C1.O=C(O)c1ccc2c(c1)C(=O)c1ccccc1-2.O=C([O-])c1ccc2c(c1)C(=O)c1ccccc1-2.[2H][B][3H]. The number of carbonyl (C=O) groups excluding carboxylic acids is 3. The number of aromatic carboxylic acids is 2. The topological polar surface area (TPSA) is 130 Å². The van der Waals surface area contributed by atoms with E-state index in [1.165, 1.54) is 114 Å². The average Bonchev–Trinajstić information content (AvgIpc) is 3.71. The molecule has 4 aromatic rings. The fourth-order valence-corrected chi connectivity index (χ4v) is 8.03. The highest BCUT2D eigenvalue weighted by Gasteiger charge is 2.28. The standard InChI is InChI=1S/2C14H8O3.C9H15N.C8H14N2.BH2/c2*15-13-11-4-2-1-3-9(11)10-6-5-8(14(16)17)7-12(10)13;1-3-7-10-8-4-2-6-9(10)5-1;1-2-6-10-7-3-5-9-8(10)4-1;/h2*1-7H,(H,16,17);5H,1-4,6-8H2;1-7H2;1H2/p-1/i;;;;1TD. The molecule has 10 heteroatoms. The van der Waals surface area contributed by atoms with Crippen LogP contribution in [0, 0.1) is 0 Å². The second-order valence-corrected chi connectivity index (χ2v) is 14.2. The molecule has 0 spiro atoms. The van der Waals surface area contributed by atoms with Gasteiger partial charge in [-0.25, -0.2) is 4.79 Å². The van der Waals surface area contributed by atoms with E-state index in [0.29, 0.717) is 30.6 Å². The van der Waals surface area contributed by atoms with Crippen molar-refractivity contribution < 1.29 is 29.4 Å². The summed E-state index contributed by atoms with van der Waals surface area (Å²) < 4.78 is 11.5. The van der Waals surface area contributed by atoms with E-state index in [0.717, 1.165) is 28.8 Å². The molecule has 4 heterocycles. The number of amidine groups is 1. The lowest BCUT2D eigenvalue weighted by atomic mass is 10.0. The number of nitrogens with zero attached hydrogens (tertiary/aromatic N) is 3. The van der Waals surface area contributed by atoms with Gasteiger partial charge in [0.05, 0.1) is 25.7 Å². The van der Waals surface area contributed by atoms with Gasteiger partial charge in [-0.05, 0) is 100 Å². The summed E-state index contributed by atoms with van der Waals surface area (Å²) in [4.78, 5) is 55.3. The Morgan fingerprint density at radius 1 is 0.673 bits per heavy atom. The predicted octanol–water partition coefficient (Wildman–Crippen LogP) is 6.37. The van der Waals surface area contributed by atoms with Crippen LogP contribution in [0.5, 0.6) is 0 Å². The highest BCUT2D eigenvalue weighted by Crippen LogP contribution is 2.38. The zero-order valence-corrected chi connectivity index (χ0v) is 31.0. The molecule has 1 radical (unpaired) electrons. The highest BCUT2D eigenvalue weighted by molar-refractivity contribution is 6.23. The van der Waals surface area contributed by atoms with Crippen LogP contribution in [-0.2, 0) is 0 Å². The normalized spacial score (nSPS) is 17.1. The van der Waals surface area contributed by atoms with E-state index in [1.54, 1.807) is 42.1 Å². The first-order chi connectivity index (χ1) is 27.7. The van der Waals surface area contributed by atoms with Gasteiger partial charge < -0.3 is 24.8 Å². The van der Waals surface area contributed by atoms with Crippen molar-refractivity contribution in [3.8, 4) is 22.3 Å². The van der Waals surface area contributed by atoms with Crippen LogP contribution in [-0.4, -0.2) is 88.0 Å². The minimum absolute atomic E-state index is 0.0323. The second kappa shape index (κ2) is 17.6. The lowest BCUT2D eigenvalue weighted by molar-refractivity contribution is -0.255. The molecule has 9 nitrogen and oxygen atoms in total. The van der Waals surface area contributed by atoms with Gasteiger partial charge in [0, 0.05) is 67.1 Å². The van der Waals surface area contributed by atoms with Crippen molar-refractivity contribution in [2.45, 2.75) is 57.8 Å². The van der Waals surface area contributed by atoms with Crippen LogP contribution >= 0.6 is 0 Å². The number of carboxylic acids is 2. The molecule has 1 N–H and O–H groups in total. The maximum Gasteiger partial charge on any atom is 0.335 e. The Labute approximate surface area is 326 Å². The van der Waals surface area contributed by atoms with Gasteiger partial charge in [0.25, 0.3) is 0 Å². The first kappa shape index (κ1) is 36.2. The van der Waals surface area contributed by atoms with Crippen molar-refractivity contribution in [2.75, 3.05) is 32.7 Å². The molecule has 0 aromatic heterocycles. The summed E-state index contributed by atoms with van der Waals surface area (Å²) >= 11 is 0. The molecule has 281 valence electrons. The number of rotatable bonds is 2. The predicted molar refractivity (Wildman–Crippen MR) is 216 cm³/mol. The smallest absolute Gasteiger partial charge is 0.335 e. The monoisotopic (exact) mass is 738 g/mol. The van der Waals surface area contributed by atoms with Gasteiger partial charge >= 0.3 is 5.97 Å². The van der Waals surface area contributed by atoms with Crippen LogP contribution in [0.15, 0.2) is 102 Å². The second-order valence-electron chi connectivity index (χ2n) is 14.2. The van der Waals surface area contributed by atoms with Crippen molar-refractivity contribution in [3.63, 3.8) is 0 Å². The lowest BCUT2D eigenvalue weighted by Gasteiger charge is -2.34. The summed E-state index contributed by atoms with van der Waals surface area (Å²) in [6, 6.07) is 23.7. The Balaban J connectivity index is 0.000000129. The summed E-state index contributed by atoms with van der Waals surface area (Å²) in [5.74, 6) is -1.12. The maximum absolute atomic E-state index is 12.1. The van der Waals surface area contributed by atoms with Crippen molar-refractivity contribution in [3.05, 3.63) is 130 Å². The molecule has 0 bridgehead atoms. The number of hydrogen-bond donors (Lipinski definition) is 1. The Hall–Kier alpha value is -5.77. The fourth-order valence-electron chi connectivity index (χ4n) is 8.03. The van der Waals surface area contributed by atoms with E-state index in [4.69, 9.17) is 7.78 Å². The quantitative estimate of drug-likeness (QED) is 0.203. The molecule has 2 fully saturated rings. The third-order valence-corrected chi connectivity index (χ3v) is 10.8. The van der Waals surface area contributed by atoms with Gasteiger partial charge in [-0.2, -0.15) is 0 Å². The van der Waals surface area contributed by atoms with Crippen LogP contribution in [0.2, 0.25) is 0 Å². The molecule has 0 atom stereocenters. The Morgan fingerprint density at radius 2 is 1.18 bits per heavy atom. The van der Waals surface area contributed by atoms with Gasteiger partial charge in [-0.1, -0.05) is 72.8 Å². The Kier molecular flexibility index (Phi) is 11.6. The summed E-state index contributed by atoms with van der Waals surface area (Å²) in [6.45, 7) is 6.25. The van der Waals surface area contributed by atoms with Crippen molar-refractivity contribution >= 4 is 37.7 Å². The Morgan fingerprint density at radius 3 is 1.76 bits per heavy atom. The lowest BCUT2D eigenvalue weighted by Crippen LogP contribution is -2.39.